The molecule has 0 aliphatic carbocycles. The van der Waals surface area contributed by atoms with Crippen molar-refractivity contribution in [3.63, 3.8) is 0 Å². The Morgan fingerprint density at radius 3 is 2.52 bits per heavy atom. The maximum Gasteiger partial charge on any atom is 0.0468 e. The van der Waals surface area contributed by atoms with Crippen LogP contribution in [0.4, 0.5) is 0 Å². The topological polar surface area (TPSA) is 19.0 Å². The van der Waals surface area contributed by atoms with Crippen LogP contribution >= 0.6 is 15.9 Å². The van der Waals surface area contributed by atoms with E-state index >= 15 is 0 Å². The lowest BCUT2D eigenvalue weighted by Gasteiger charge is -2.10. The highest BCUT2D eigenvalue weighted by atomic mass is 79.9. The highest BCUT2D eigenvalue weighted by Gasteiger charge is 2.12. The predicted molar refractivity (Wildman–Crippen MR) is 93.7 cm³/mol. The molecule has 2 aromatic carbocycles. The largest absolute Gasteiger partial charge is 0.361 e. The van der Waals surface area contributed by atoms with Crippen LogP contribution in [0.15, 0.2) is 53.1 Å². The Kier molecular flexibility index (Phi) is 4.13. The van der Waals surface area contributed by atoms with Crippen LogP contribution in [0.2, 0.25) is 0 Å². The molecule has 108 valence electrons. The molecule has 3 heteroatoms. The normalized spacial score (nSPS) is 11.4. The third-order valence-electron chi connectivity index (χ3n) is 3.78. The fraction of sp³-hybridized carbons (Fsp3) is 0.222. The van der Waals surface area contributed by atoms with E-state index in [0.29, 0.717) is 0 Å². The molecule has 0 radical (unpaired) electrons. The zero-order chi connectivity index (χ0) is 14.8. The third kappa shape index (κ3) is 2.89. The van der Waals surface area contributed by atoms with E-state index in [2.05, 4.69) is 88.6 Å². The molecule has 1 aromatic heterocycles. The highest BCUT2D eigenvalue weighted by molar-refractivity contribution is 9.10. The summed E-state index contributed by atoms with van der Waals surface area (Å²) >= 11 is 3.82. The first kappa shape index (κ1) is 14.4. The maximum absolute atomic E-state index is 3.82. The van der Waals surface area contributed by atoms with E-state index in [0.717, 1.165) is 13.0 Å². The third-order valence-corrected chi connectivity index (χ3v) is 4.60. The molecule has 3 rings (SSSR count). The Bertz CT molecular complexity index is 745. The van der Waals surface area contributed by atoms with Gasteiger partial charge in [-0.3, -0.25) is 0 Å². The monoisotopic (exact) mass is 342 g/mol. The van der Waals surface area contributed by atoms with Crippen LogP contribution in [0.25, 0.3) is 22.0 Å². The van der Waals surface area contributed by atoms with Crippen molar-refractivity contribution in [3.8, 4) is 11.1 Å². The molecule has 1 N–H and O–H groups in total. The summed E-state index contributed by atoms with van der Waals surface area (Å²) < 4.78 is 1.18. The van der Waals surface area contributed by atoms with E-state index in [-0.39, 0.29) is 0 Å². The second kappa shape index (κ2) is 6.04. The van der Waals surface area contributed by atoms with Crippen molar-refractivity contribution < 1.29 is 0 Å². The minimum Gasteiger partial charge on any atom is -0.361 e. The van der Waals surface area contributed by atoms with Gasteiger partial charge in [-0.15, -0.1) is 0 Å². The second-order valence-corrected chi connectivity index (χ2v) is 6.38. The molecule has 2 nitrogen and oxygen atoms in total. The number of nitrogens with zero attached hydrogens (tertiary/aromatic N) is 1. The van der Waals surface area contributed by atoms with Crippen LogP contribution < -0.4 is 0 Å². The van der Waals surface area contributed by atoms with Gasteiger partial charge < -0.3 is 9.88 Å². The zero-order valence-electron chi connectivity index (χ0n) is 12.4. The molecule has 3 aromatic rings. The van der Waals surface area contributed by atoms with Gasteiger partial charge in [0.05, 0.1) is 0 Å². The zero-order valence-corrected chi connectivity index (χ0v) is 13.9. The van der Waals surface area contributed by atoms with Crippen LogP contribution in [0, 0.1) is 0 Å². The summed E-state index contributed by atoms with van der Waals surface area (Å²) in [5, 5.41) is 1.30. The summed E-state index contributed by atoms with van der Waals surface area (Å²) in [6.07, 6.45) is 3.18. The van der Waals surface area contributed by atoms with Gasteiger partial charge in [0.15, 0.2) is 0 Å². The number of H-pyrrole nitrogens is 1. The van der Waals surface area contributed by atoms with E-state index < -0.39 is 0 Å². The smallest absolute Gasteiger partial charge is 0.0468 e. The minimum atomic E-state index is 1.05. The Labute approximate surface area is 133 Å². The number of aromatic amines is 1. The molecule has 0 saturated carbocycles. The van der Waals surface area contributed by atoms with E-state index in [9.17, 15) is 0 Å². The lowest BCUT2D eigenvalue weighted by molar-refractivity contribution is 0.414. The molecule has 0 aliphatic heterocycles. The fourth-order valence-corrected chi connectivity index (χ4v) is 3.46. The van der Waals surface area contributed by atoms with Crippen molar-refractivity contribution in [3.05, 3.63) is 58.7 Å². The Balaban J connectivity index is 2.09. The Morgan fingerprint density at radius 1 is 1.05 bits per heavy atom. The van der Waals surface area contributed by atoms with Crippen LogP contribution in [0.3, 0.4) is 0 Å². The van der Waals surface area contributed by atoms with Gasteiger partial charge in [-0.2, -0.15) is 0 Å². The summed E-state index contributed by atoms with van der Waals surface area (Å²) in [6.45, 7) is 1.05. The van der Waals surface area contributed by atoms with Crippen LogP contribution in [-0.4, -0.2) is 30.5 Å². The van der Waals surface area contributed by atoms with E-state index in [1.54, 1.807) is 0 Å². The molecule has 1 heterocycles. The minimum absolute atomic E-state index is 1.05. The summed E-state index contributed by atoms with van der Waals surface area (Å²) in [7, 11) is 4.22. The van der Waals surface area contributed by atoms with Gasteiger partial charge in [0.25, 0.3) is 0 Å². The first-order valence-corrected chi connectivity index (χ1v) is 7.94. The average Bonchev–Trinajstić information content (AvgIpc) is 2.90. The number of halogens is 1. The Hall–Kier alpha value is -1.58. The number of hydrogen-bond donors (Lipinski definition) is 1. The molecule has 0 atom stereocenters. The maximum atomic E-state index is 3.82. The number of nitrogens with one attached hydrogen (secondary N) is 1. The van der Waals surface area contributed by atoms with Crippen molar-refractivity contribution in [2.75, 3.05) is 20.6 Å². The number of rotatable bonds is 4. The molecule has 0 bridgehead atoms. The van der Waals surface area contributed by atoms with Crippen LogP contribution in [0.1, 0.15) is 5.56 Å². The average molecular weight is 343 g/mol. The van der Waals surface area contributed by atoms with Crippen molar-refractivity contribution in [1.29, 1.82) is 0 Å². The lowest BCUT2D eigenvalue weighted by Crippen LogP contribution is -2.14. The number of benzene rings is 2. The number of likely N-dealkylation sites (N-methyl/N-ethyl adjacent to an activating group) is 1. The summed E-state index contributed by atoms with van der Waals surface area (Å²) in [4.78, 5) is 5.60. The number of fused-ring (bicyclic) bond motifs is 1. The molecule has 0 saturated heterocycles. The van der Waals surface area contributed by atoms with Gasteiger partial charge in [-0.25, -0.2) is 0 Å². The number of aromatic nitrogens is 1. The molecule has 0 aliphatic rings. The standard InChI is InChI=1S/C18H19BrN2/c1-21(2)11-10-14-12-20-16-9-8-15(18(19)17(14)16)13-6-4-3-5-7-13/h3-9,12,20H,10-11H2,1-2H3. The lowest BCUT2D eigenvalue weighted by atomic mass is 10.0. The van der Waals surface area contributed by atoms with Gasteiger partial charge in [0.1, 0.15) is 0 Å². The van der Waals surface area contributed by atoms with Crippen LogP contribution in [-0.2, 0) is 6.42 Å². The first-order chi connectivity index (χ1) is 10.2. The van der Waals surface area contributed by atoms with Crippen molar-refractivity contribution in [2.24, 2.45) is 0 Å². The predicted octanol–water partition coefficient (Wildman–Crippen LogP) is 4.70. The summed E-state index contributed by atoms with van der Waals surface area (Å²) in [6, 6.07) is 14.9. The molecular formula is C18H19BrN2. The van der Waals surface area contributed by atoms with Gasteiger partial charge in [0, 0.05) is 28.1 Å². The van der Waals surface area contributed by atoms with Gasteiger partial charge in [-0.05, 0) is 59.2 Å². The van der Waals surface area contributed by atoms with Crippen molar-refractivity contribution >= 4 is 26.8 Å². The van der Waals surface area contributed by atoms with E-state index in [4.69, 9.17) is 0 Å². The van der Waals surface area contributed by atoms with Crippen molar-refractivity contribution in [2.45, 2.75) is 6.42 Å². The quantitative estimate of drug-likeness (QED) is 0.727. The summed E-state index contributed by atoms with van der Waals surface area (Å²) in [5.74, 6) is 0. The molecular weight excluding hydrogens is 324 g/mol. The van der Waals surface area contributed by atoms with Crippen molar-refractivity contribution in [1.82, 2.24) is 9.88 Å². The van der Waals surface area contributed by atoms with Crippen LogP contribution in [0.5, 0.6) is 0 Å². The fourth-order valence-electron chi connectivity index (χ4n) is 2.63. The molecule has 0 spiro atoms. The van der Waals surface area contributed by atoms with Gasteiger partial charge in [-0.1, -0.05) is 36.4 Å². The number of hydrogen-bond acceptors (Lipinski definition) is 1. The van der Waals surface area contributed by atoms with Gasteiger partial charge >= 0.3 is 0 Å². The molecule has 0 fully saturated rings. The SMILES string of the molecule is CN(C)CCc1c[nH]c2ccc(-c3ccccc3)c(Br)c12. The molecule has 0 unspecified atom stereocenters. The second-order valence-electron chi connectivity index (χ2n) is 5.58. The first-order valence-electron chi connectivity index (χ1n) is 7.15. The van der Waals surface area contributed by atoms with E-state index in [1.165, 1.54) is 32.1 Å². The molecule has 21 heavy (non-hydrogen) atoms. The van der Waals surface area contributed by atoms with E-state index in [1.807, 2.05) is 0 Å². The van der Waals surface area contributed by atoms with Gasteiger partial charge in [0.2, 0.25) is 0 Å². The molecule has 0 amide bonds. The Morgan fingerprint density at radius 2 is 1.81 bits per heavy atom. The summed E-state index contributed by atoms with van der Waals surface area (Å²) in [5.41, 5.74) is 5.04. The highest BCUT2D eigenvalue weighted by Crippen LogP contribution is 2.36.